The van der Waals surface area contributed by atoms with Crippen LogP contribution in [0.1, 0.15) is 36.8 Å². The van der Waals surface area contributed by atoms with Crippen LogP contribution in [0, 0.1) is 0 Å². The van der Waals surface area contributed by atoms with Gasteiger partial charge in [-0.3, -0.25) is 0 Å². The van der Waals surface area contributed by atoms with Crippen LogP contribution in [-0.2, 0) is 22.2 Å². The highest BCUT2D eigenvalue weighted by molar-refractivity contribution is 7.87. The van der Waals surface area contributed by atoms with Gasteiger partial charge < -0.3 is 10.1 Å². The largest absolute Gasteiger partial charge is 0.497 e. The molecular weight excluding hydrogens is 482 g/mol. The van der Waals surface area contributed by atoms with Crippen LogP contribution < -0.4 is 19.9 Å². The summed E-state index contributed by atoms with van der Waals surface area (Å²) in [6, 6.07) is 27.4. The monoisotopic (exact) mass is 515 g/mol. The summed E-state index contributed by atoms with van der Waals surface area (Å²) in [7, 11) is -2.13. The average molecular weight is 516 g/mol. The zero-order valence-corrected chi connectivity index (χ0v) is 21.6. The minimum absolute atomic E-state index is 0. The minimum Gasteiger partial charge on any atom is -0.497 e. The van der Waals surface area contributed by atoms with Crippen molar-refractivity contribution in [3.8, 4) is 16.9 Å². The molecular formula is C27H34ClN3O3S. The molecule has 0 radical (unpaired) electrons. The molecule has 8 heteroatoms. The first-order valence-electron chi connectivity index (χ1n) is 11.7. The van der Waals surface area contributed by atoms with Crippen molar-refractivity contribution in [1.29, 1.82) is 0 Å². The van der Waals surface area contributed by atoms with Gasteiger partial charge in [0.05, 0.1) is 7.11 Å². The molecule has 0 heterocycles. The molecule has 0 unspecified atom stereocenters. The van der Waals surface area contributed by atoms with Crippen molar-refractivity contribution >= 4 is 22.6 Å². The van der Waals surface area contributed by atoms with Crippen LogP contribution in [0.3, 0.4) is 0 Å². The fourth-order valence-corrected chi connectivity index (χ4v) is 5.32. The van der Waals surface area contributed by atoms with Gasteiger partial charge in [-0.1, -0.05) is 66.7 Å². The normalized spacial score (nSPS) is 20.1. The Hall–Kier alpha value is -2.42. The number of ether oxygens (including phenoxy) is 1. The van der Waals surface area contributed by atoms with E-state index in [0.717, 1.165) is 43.5 Å². The van der Waals surface area contributed by atoms with Gasteiger partial charge in [-0.25, -0.2) is 9.86 Å². The predicted molar refractivity (Wildman–Crippen MR) is 144 cm³/mol. The molecule has 35 heavy (non-hydrogen) atoms. The lowest BCUT2D eigenvalue weighted by atomic mass is 9.68. The average Bonchev–Trinajstić information content (AvgIpc) is 2.87. The van der Waals surface area contributed by atoms with E-state index in [-0.39, 0.29) is 24.4 Å². The van der Waals surface area contributed by atoms with E-state index in [1.165, 1.54) is 16.7 Å². The van der Waals surface area contributed by atoms with Crippen LogP contribution in [-0.4, -0.2) is 28.1 Å². The van der Waals surface area contributed by atoms with E-state index in [9.17, 15) is 8.42 Å². The number of halogens is 1. The number of methoxy groups -OCH3 is 1. The van der Waals surface area contributed by atoms with Gasteiger partial charge in [0.25, 0.3) is 10.2 Å². The van der Waals surface area contributed by atoms with Gasteiger partial charge in [0.1, 0.15) is 5.75 Å². The summed E-state index contributed by atoms with van der Waals surface area (Å²) >= 11 is 0. The first-order valence-corrected chi connectivity index (χ1v) is 13.2. The third-order valence-corrected chi connectivity index (χ3v) is 7.44. The van der Waals surface area contributed by atoms with E-state index >= 15 is 0 Å². The fraction of sp³-hybridized carbons (Fsp3) is 0.333. The molecule has 4 rings (SSSR count). The Morgan fingerprint density at radius 1 is 0.943 bits per heavy atom. The summed E-state index contributed by atoms with van der Waals surface area (Å²) < 4.78 is 31.2. The Morgan fingerprint density at radius 2 is 1.60 bits per heavy atom. The minimum atomic E-state index is -3.77. The van der Waals surface area contributed by atoms with E-state index in [4.69, 9.17) is 9.88 Å². The van der Waals surface area contributed by atoms with E-state index in [2.05, 4.69) is 64.6 Å². The van der Waals surface area contributed by atoms with Gasteiger partial charge in [0.2, 0.25) is 0 Å². The van der Waals surface area contributed by atoms with Gasteiger partial charge in [-0.05, 0) is 60.1 Å². The maximum Gasteiger partial charge on any atom is 0.274 e. The number of nitrogens with one attached hydrogen (secondary N) is 2. The summed E-state index contributed by atoms with van der Waals surface area (Å²) in [5, 5.41) is 8.95. The van der Waals surface area contributed by atoms with Crippen molar-refractivity contribution in [3.63, 3.8) is 0 Å². The highest BCUT2D eigenvalue weighted by atomic mass is 35.5. The standard InChI is InChI=1S/C27H33N3O3S.ClH/c1-33-26-9-5-8-24(18-26)27(20-30-34(28,31)32)16-14-25(15-17-27)29-19-21-10-12-23(13-11-21)22-6-3-2-4-7-22;/h2-13,18,25,29-30H,14-17,19-20H2,1H3,(H2,28,31,32);1H/t25-,27-;. The summed E-state index contributed by atoms with van der Waals surface area (Å²) in [6.07, 6.45) is 3.61. The van der Waals surface area contributed by atoms with Gasteiger partial charge in [0, 0.05) is 24.5 Å². The van der Waals surface area contributed by atoms with Crippen molar-refractivity contribution < 1.29 is 13.2 Å². The van der Waals surface area contributed by atoms with Crippen molar-refractivity contribution in [2.75, 3.05) is 13.7 Å². The highest BCUT2D eigenvalue weighted by Crippen LogP contribution is 2.40. The van der Waals surface area contributed by atoms with E-state index in [0.29, 0.717) is 6.04 Å². The zero-order chi connectivity index (χ0) is 24.0. The zero-order valence-electron chi connectivity index (χ0n) is 19.9. The molecule has 0 amide bonds. The molecule has 3 aromatic rings. The summed E-state index contributed by atoms with van der Waals surface area (Å²) in [4.78, 5) is 0. The third kappa shape index (κ3) is 7.29. The maximum absolute atomic E-state index is 11.6. The first kappa shape index (κ1) is 27.2. The van der Waals surface area contributed by atoms with Gasteiger partial charge in [-0.2, -0.15) is 8.42 Å². The van der Waals surface area contributed by atoms with E-state index < -0.39 is 10.2 Å². The summed E-state index contributed by atoms with van der Waals surface area (Å²) in [5.74, 6) is 0.770. The SMILES string of the molecule is COc1cccc([C@]2(CNS(N)(=O)=O)CC[C@@H](NCc3ccc(-c4ccccc4)cc3)CC2)c1.Cl. The van der Waals surface area contributed by atoms with Gasteiger partial charge >= 0.3 is 0 Å². The number of hydrogen-bond acceptors (Lipinski definition) is 4. The molecule has 0 aromatic heterocycles. The summed E-state index contributed by atoms with van der Waals surface area (Å²) in [5.41, 5.74) is 4.46. The lowest BCUT2D eigenvalue weighted by Crippen LogP contribution is -2.47. The van der Waals surface area contributed by atoms with Gasteiger partial charge in [0.15, 0.2) is 0 Å². The molecule has 188 valence electrons. The van der Waals surface area contributed by atoms with Crippen molar-refractivity contribution in [2.24, 2.45) is 5.14 Å². The topological polar surface area (TPSA) is 93.4 Å². The molecule has 0 saturated heterocycles. The Labute approximate surface area is 214 Å². The quantitative estimate of drug-likeness (QED) is 0.390. The fourth-order valence-electron chi connectivity index (χ4n) is 4.84. The van der Waals surface area contributed by atoms with Crippen molar-refractivity contribution in [3.05, 3.63) is 90.0 Å². The van der Waals surface area contributed by atoms with Crippen LogP contribution in [0.2, 0.25) is 0 Å². The maximum atomic E-state index is 11.6. The Bertz CT molecular complexity index is 1180. The molecule has 1 aliphatic carbocycles. The Kier molecular flexibility index (Phi) is 9.33. The van der Waals surface area contributed by atoms with Crippen LogP contribution >= 0.6 is 12.4 Å². The Morgan fingerprint density at radius 3 is 2.23 bits per heavy atom. The molecule has 4 N–H and O–H groups in total. The number of rotatable bonds is 9. The molecule has 0 spiro atoms. The van der Waals surface area contributed by atoms with E-state index in [1.807, 2.05) is 24.3 Å². The van der Waals surface area contributed by atoms with Crippen LogP contribution in [0.15, 0.2) is 78.9 Å². The van der Waals surface area contributed by atoms with E-state index in [1.54, 1.807) is 7.11 Å². The van der Waals surface area contributed by atoms with Crippen molar-refractivity contribution in [1.82, 2.24) is 10.0 Å². The molecule has 6 nitrogen and oxygen atoms in total. The number of benzene rings is 3. The lowest BCUT2D eigenvalue weighted by Gasteiger charge is -2.41. The lowest BCUT2D eigenvalue weighted by molar-refractivity contribution is 0.245. The second-order valence-electron chi connectivity index (χ2n) is 9.10. The van der Waals surface area contributed by atoms with Gasteiger partial charge in [-0.15, -0.1) is 12.4 Å². The second-order valence-corrected chi connectivity index (χ2v) is 10.5. The van der Waals surface area contributed by atoms with Crippen LogP contribution in [0.25, 0.3) is 11.1 Å². The van der Waals surface area contributed by atoms with Crippen LogP contribution in [0.5, 0.6) is 5.75 Å². The first-order chi connectivity index (χ1) is 16.4. The molecule has 0 bridgehead atoms. The van der Waals surface area contributed by atoms with Crippen LogP contribution in [0.4, 0.5) is 0 Å². The third-order valence-electron chi connectivity index (χ3n) is 6.89. The number of nitrogens with two attached hydrogens (primary N) is 1. The molecule has 1 fully saturated rings. The Balaban J connectivity index is 0.00000342. The second kappa shape index (κ2) is 12.0. The molecule has 1 aliphatic rings. The molecule has 0 atom stereocenters. The summed E-state index contributed by atoms with van der Waals surface area (Å²) in [6.45, 7) is 1.09. The predicted octanol–water partition coefficient (Wildman–Crippen LogP) is 4.55. The smallest absolute Gasteiger partial charge is 0.274 e. The molecule has 3 aromatic carbocycles. The number of hydrogen-bond donors (Lipinski definition) is 3. The highest BCUT2D eigenvalue weighted by Gasteiger charge is 2.37. The molecule has 1 saturated carbocycles. The molecule has 0 aliphatic heterocycles. The van der Waals surface area contributed by atoms with Crippen molar-refractivity contribution in [2.45, 2.75) is 43.7 Å².